The second-order valence-corrected chi connectivity index (χ2v) is 7.98. The quantitative estimate of drug-likeness (QED) is 0.659. The molecule has 0 aliphatic carbocycles. The fourth-order valence-electron chi connectivity index (χ4n) is 3.26. The van der Waals surface area contributed by atoms with Crippen LogP contribution in [0.2, 0.25) is 0 Å². The van der Waals surface area contributed by atoms with Gasteiger partial charge in [0.2, 0.25) is 5.89 Å². The highest BCUT2D eigenvalue weighted by molar-refractivity contribution is 5.69. The van der Waals surface area contributed by atoms with Crippen molar-refractivity contribution in [3.05, 3.63) is 46.8 Å². The zero-order valence-corrected chi connectivity index (χ0v) is 17.4. The van der Waals surface area contributed by atoms with E-state index in [9.17, 15) is 14.0 Å². The molecule has 164 valence electrons. The monoisotopic (exact) mass is 423 g/mol. The smallest absolute Gasteiger partial charge is 0.442 e. The van der Waals surface area contributed by atoms with Crippen LogP contribution in [0.4, 0.5) is 9.18 Å². The van der Waals surface area contributed by atoms with Gasteiger partial charge in [0.05, 0.1) is 18.3 Å². The number of rotatable bonds is 6. The van der Waals surface area contributed by atoms with Crippen LogP contribution in [0, 0.1) is 0 Å². The minimum Gasteiger partial charge on any atom is -0.444 e. The molecule has 2 heterocycles. The number of carbonyl (C=O) groups excluding carboxylic acids is 1. The maximum atomic E-state index is 14.3. The topological polar surface area (TPSA) is 96.0 Å². The first-order chi connectivity index (χ1) is 14.2. The Bertz CT molecular complexity index is 907. The first-order valence-corrected chi connectivity index (χ1v) is 9.59. The molecule has 30 heavy (non-hydrogen) atoms. The average Bonchev–Trinajstić information content (AvgIpc) is 3.25. The van der Waals surface area contributed by atoms with Crippen molar-refractivity contribution in [2.45, 2.75) is 51.1 Å². The minimum atomic E-state index is -1.28. The van der Waals surface area contributed by atoms with E-state index < -0.39 is 35.8 Å². The van der Waals surface area contributed by atoms with Crippen LogP contribution < -0.4 is 5.76 Å². The van der Waals surface area contributed by atoms with E-state index in [2.05, 4.69) is 5.10 Å². The number of aromatic nitrogens is 2. The molecule has 3 atom stereocenters. The molecule has 1 aliphatic rings. The summed E-state index contributed by atoms with van der Waals surface area (Å²) in [6.07, 6.45) is -2.99. The predicted molar refractivity (Wildman–Crippen MR) is 104 cm³/mol. The number of para-hydroxylation sites is 1. The van der Waals surface area contributed by atoms with Crippen LogP contribution in [0.1, 0.15) is 39.2 Å². The lowest BCUT2D eigenvalue weighted by molar-refractivity contribution is -0.106. The fourth-order valence-corrected chi connectivity index (χ4v) is 3.26. The maximum absolute atomic E-state index is 14.3. The van der Waals surface area contributed by atoms with E-state index in [-0.39, 0.29) is 25.6 Å². The van der Waals surface area contributed by atoms with Gasteiger partial charge in [0, 0.05) is 13.5 Å². The average molecular weight is 423 g/mol. The lowest BCUT2D eigenvalue weighted by Gasteiger charge is -2.31. The molecule has 1 unspecified atom stereocenters. The summed E-state index contributed by atoms with van der Waals surface area (Å²) in [5.74, 6) is -0.797. The van der Waals surface area contributed by atoms with Crippen LogP contribution in [0.5, 0.6) is 0 Å². The highest BCUT2D eigenvalue weighted by Gasteiger charge is 2.45. The largest absolute Gasteiger partial charge is 0.444 e. The normalized spacial score (nSPS) is 20.4. The van der Waals surface area contributed by atoms with Gasteiger partial charge in [-0.3, -0.25) is 4.90 Å². The molecule has 1 aliphatic heterocycles. The Morgan fingerprint density at radius 1 is 1.33 bits per heavy atom. The van der Waals surface area contributed by atoms with Crippen molar-refractivity contribution in [3.8, 4) is 5.69 Å². The number of hydrogen-bond acceptors (Lipinski definition) is 7. The number of hydrogen-bond donors (Lipinski definition) is 0. The van der Waals surface area contributed by atoms with Gasteiger partial charge in [-0.15, -0.1) is 5.10 Å². The van der Waals surface area contributed by atoms with Gasteiger partial charge in [0.15, 0.2) is 6.10 Å². The number of alkyl halides is 1. The number of ether oxygens (including phenoxy) is 3. The van der Waals surface area contributed by atoms with Crippen molar-refractivity contribution in [2.24, 2.45) is 0 Å². The van der Waals surface area contributed by atoms with E-state index in [1.807, 2.05) is 0 Å². The summed E-state index contributed by atoms with van der Waals surface area (Å²) < 4.78 is 36.8. The minimum absolute atomic E-state index is 0.0183. The SMILES string of the molecule is COCOC(c1nn(-c2ccccc2)c(=O)o1)[C@@H]1C[C@H](F)CN1C(=O)OC(C)(C)C. The molecular formula is C20H26FN3O6. The van der Waals surface area contributed by atoms with Crippen molar-refractivity contribution >= 4 is 6.09 Å². The summed E-state index contributed by atoms with van der Waals surface area (Å²) in [5, 5.41) is 4.23. The van der Waals surface area contributed by atoms with Gasteiger partial charge in [0.1, 0.15) is 18.6 Å². The lowest BCUT2D eigenvalue weighted by Crippen LogP contribution is -2.43. The highest BCUT2D eigenvalue weighted by atomic mass is 19.1. The molecule has 1 fully saturated rings. The zero-order valence-electron chi connectivity index (χ0n) is 17.4. The van der Waals surface area contributed by atoms with Crippen LogP contribution in [-0.4, -0.2) is 59.0 Å². The highest BCUT2D eigenvalue weighted by Crippen LogP contribution is 2.33. The summed E-state index contributed by atoms with van der Waals surface area (Å²) in [6.45, 7) is 4.85. The molecular weight excluding hydrogens is 397 g/mol. The summed E-state index contributed by atoms with van der Waals surface area (Å²) in [4.78, 5) is 26.3. The van der Waals surface area contributed by atoms with Crippen molar-refractivity contribution in [3.63, 3.8) is 0 Å². The van der Waals surface area contributed by atoms with E-state index in [1.54, 1.807) is 51.1 Å². The second-order valence-electron chi connectivity index (χ2n) is 7.98. The van der Waals surface area contributed by atoms with E-state index in [0.717, 1.165) is 4.68 Å². The van der Waals surface area contributed by atoms with Crippen LogP contribution in [0.3, 0.4) is 0 Å². The van der Waals surface area contributed by atoms with Crippen molar-refractivity contribution in [1.82, 2.24) is 14.7 Å². The summed E-state index contributed by atoms with van der Waals surface area (Å²) >= 11 is 0. The Labute approximate surface area is 173 Å². The Morgan fingerprint density at radius 2 is 2.03 bits per heavy atom. The van der Waals surface area contributed by atoms with Crippen LogP contribution >= 0.6 is 0 Å². The Balaban J connectivity index is 1.93. The van der Waals surface area contributed by atoms with Crippen molar-refractivity contribution < 1.29 is 27.8 Å². The molecule has 1 saturated heterocycles. The van der Waals surface area contributed by atoms with Gasteiger partial charge in [-0.25, -0.2) is 14.0 Å². The van der Waals surface area contributed by atoms with Gasteiger partial charge in [0.25, 0.3) is 0 Å². The molecule has 0 saturated carbocycles. The molecule has 1 aromatic carbocycles. The molecule has 10 heteroatoms. The lowest BCUT2D eigenvalue weighted by atomic mass is 10.1. The van der Waals surface area contributed by atoms with Crippen LogP contribution in [0.25, 0.3) is 5.69 Å². The molecule has 0 spiro atoms. The summed E-state index contributed by atoms with van der Waals surface area (Å²) in [6, 6.07) is 7.91. The fraction of sp³-hybridized carbons (Fsp3) is 0.550. The predicted octanol–water partition coefficient (Wildman–Crippen LogP) is 2.83. The zero-order chi connectivity index (χ0) is 21.9. The van der Waals surface area contributed by atoms with Gasteiger partial charge in [-0.2, -0.15) is 4.68 Å². The number of methoxy groups -OCH3 is 1. The third kappa shape index (κ3) is 5.06. The number of amides is 1. The first-order valence-electron chi connectivity index (χ1n) is 9.59. The third-order valence-electron chi connectivity index (χ3n) is 4.44. The molecule has 0 radical (unpaired) electrons. The summed E-state index contributed by atoms with van der Waals surface area (Å²) in [5.41, 5.74) is -0.248. The number of halogens is 1. The molecule has 0 bridgehead atoms. The number of benzene rings is 1. The third-order valence-corrected chi connectivity index (χ3v) is 4.44. The van der Waals surface area contributed by atoms with Crippen LogP contribution in [0.15, 0.2) is 39.5 Å². The number of carbonyl (C=O) groups is 1. The van der Waals surface area contributed by atoms with Gasteiger partial charge in [-0.1, -0.05) is 18.2 Å². The Hall–Kier alpha value is -2.72. The molecule has 1 aromatic heterocycles. The van der Waals surface area contributed by atoms with Gasteiger partial charge < -0.3 is 18.6 Å². The van der Waals surface area contributed by atoms with Crippen molar-refractivity contribution in [1.29, 1.82) is 0 Å². The van der Waals surface area contributed by atoms with E-state index in [0.29, 0.717) is 5.69 Å². The van der Waals surface area contributed by atoms with E-state index >= 15 is 0 Å². The van der Waals surface area contributed by atoms with Crippen LogP contribution in [-0.2, 0) is 14.2 Å². The van der Waals surface area contributed by atoms with Crippen molar-refractivity contribution in [2.75, 3.05) is 20.4 Å². The van der Waals surface area contributed by atoms with E-state index in [1.165, 1.54) is 12.0 Å². The molecule has 1 amide bonds. The molecule has 2 aromatic rings. The Kier molecular flexibility index (Phi) is 6.57. The molecule has 3 rings (SSSR count). The van der Waals surface area contributed by atoms with Gasteiger partial charge in [-0.05, 0) is 32.9 Å². The standard InChI is InChI=1S/C20H26FN3O6/c1-20(2,3)30-18(25)23-11-13(21)10-15(23)16(28-12-27-4)17-22-24(19(26)29-17)14-8-6-5-7-9-14/h5-9,13,15-16H,10-12H2,1-4H3/t13-,15-,16?/m0/s1. The maximum Gasteiger partial charge on any atom is 0.442 e. The molecule has 9 nitrogen and oxygen atoms in total. The number of nitrogens with zero attached hydrogens (tertiary/aromatic N) is 3. The molecule has 0 N–H and O–H groups in total. The second kappa shape index (κ2) is 8.97. The van der Waals surface area contributed by atoms with Gasteiger partial charge >= 0.3 is 11.8 Å². The first kappa shape index (κ1) is 22.0. The summed E-state index contributed by atoms with van der Waals surface area (Å²) in [7, 11) is 1.42. The number of likely N-dealkylation sites (tertiary alicyclic amines) is 1. The Morgan fingerprint density at radius 3 is 2.67 bits per heavy atom. The van der Waals surface area contributed by atoms with E-state index in [4.69, 9.17) is 18.6 Å².